The fourth-order valence-corrected chi connectivity index (χ4v) is 1.33. The van der Waals surface area contributed by atoms with E-state index in [4.69, 9.17) is 0 Å². The van der Waals surface area contributed by atoms with Gasteiger partial charge in [0.15, 0.2) is 0 Å². The Hall–Kier alpha value is -2.90. The molecule has 2 aromatic rings. The number of phenols is 1. The normalized spacial score (nSPS) is 10.0. The van der Waals surface area contributed by atoms with Crippen molar-refractivity contribution in [1.82, 2.24) is 5.16 Å². The number of benzene rings is 1. The average molecular weight is 249 g/mol. The average Bonchev–Trinajstić information content (AvgIpc) is 2.81. The topological polar surface area (TPSA) is 118 Å². The van der Waals surface area contributed by atoms with E-state index < -0.39 is 16.5 Å². The van der Waals surface area contributed by atoms with Crippen LogP contribution in [0.4, 0.5) is 11.4 Å². The van der Waals surface area contributed by atoms with Crippen LogP contribution in [0.15, 0.2) is 35.2 Å². The summed E-state index contributed by atoms with van der Waals surface area (Å²) in [5.41, 5.74) is -0.388. The van der Waals surface area contributed by atoms with E-state index in [1.54, 1.807) is 0 Å². The van der Waals surface area contributed by atoms with E-state index in [0.29, 0.717) is 0 Å². The number of carbonyl (C=O) groups excluding carboxylic acids is 1. The molecule has 2 N–H and O–H groups in total. The highest BCUT2D eigenvalue weighted by atomic mass is 16.6. The molecule has 1 aromatic carbocycles. The number of hydrogen-bond donors (Lipinski definition) is 2. The lowest BCUT2D eigenvalue weighted by Gasteiger charge is -2.03. The van der Waals surface area contributed by atoms with E-state index in [1.165, 1.54) is 12.5 Å². The highest BCUT2D eigenvalue weighted by molar-refractivity contribution is 6.07. The predicted molar refractivity (Wildman–Crippen MR) is 59.2 cm³/mol. The summed E-state index contributed by atoms with van der Waals surface area (Å²) >= 11 is 0. The van der Waals surface area contributed by atoms with E-state index in [1.807, 2.05) is 0 Å². The minimum atomic E-state index is -0.735. The Bertz CT molecular complexity index is 594. The molecule has 0 aliphatic heterocycles. The van der Waals surface area contributed by atoms with E-state index in [2.05, 4.69) is 15.0 Å². The molecule has 0 aliphatic carbocycles. The smallest absolute Gasteiger partial charge is 0.282 e. The van der Waals surface area contributed by atoms with Gasteiger partial charge in [-0.05, 0) is 12.1 Å². The molecule has 1 amide bonds. The number of hydrogen-bond acceptors (Lipinski definition) is 6. The van der Waals surface area contributed by atoms with Crippen molar-refractivity contribution in [3.8, 4) is 5.75 Å². The molecule has 1 heterocycles. The molecule has 0 saturated heterocycles. The third-order valence-corrected chi connectivity index (χ3v) is 2.11. The molecule has 0 aliphatic rings. The van der Waals surface area contributed by atoms with Crippen molar-refractivity contribution in [1.29, 1.82) is 0 Å². The van der Waals surface area contributed by atoms with Gasteiger partial charge in [-0.3, -0.25) is 14.9 Å². The second-order valence-electron chi connectivity index (χ2n) is 3.33. The molecule has 92 valence electrons. The fourth-order valence-electron chi connectivity index (χ4n) is 1.33. The van der Waals surface area contributed by atoms with Crippen molar-refractivity contribution in [3.05, 3.63) is 46.3 Å². The van der Waals surface area contributed by atoms with Gasteiger partial charge in [-0.25, -0.2) is 0 Å². The number of nitrogens with zero attached hydrogens (tertiary/aromatic N) is 2. The largest absolute Gasteiger partial charge is 0.508 e. The Morgan fingerprint density at radius 3 is 2.89 bits per heavy atom. The quantitative estimate of drug-likeness (QED) is 0.629. The van der Waals surface area contributed by atoms with E-state index in [9.17, 15) is 20.0 Å². The first-order chi connectivity index (χ1) is 8.58. The summed E-state index contributed by atoms with van der Waals surface area (Å²) in [6, 6.07) is 3.20. The van der Waals surface area contributed by atoms with Crippen molar-refractivity contribution in [2.45, 2.75) is 0 Å². The van der Waals surface area contributed by atoms with Crippen LogP contribution in [0.2, 0.25) is 0 Å². The van der Waals surface area contributed by atoms with Crippen LogP contribution in [0.5, 0.6) is 5.75 Å². The Morgan fingerprint density at radius 1 is 1.50 bits per heavy atom. The van der Waals surface area contributed by atoms with Crippen molar-refractivity contribution < 1.29 is 19.3 Å². The highest BCUT2D eigenvalue weighted by Gasteiger charge is 2.21. The maximum atomic E-state index is 11.8. The molecule has 8 nitrogen and oxygen atoms in total. The molecule has 0 bridgehead atoms. The lowest BCUT2D eigenvalue weighted by Crippen LogP contribution is -2.13. The molecule has 1 aromatic heterocycles. The van der Waals surface area contributed by atoms with Gasteiger partial charge in [0.05, 0.1) is 11.1 Å². The minimum Gasteiger partial charge on any atom is -0.508 e. The lowest BCUT2D eigenvalue weighted by atomic mass is 10.1. The fraction of sp³-hybridized carbons (Fsp3) is 0. The van der Waals surface area contributed by atoms with Gasteiger partial charge in [-0.1, -0.05) is 5.16 Å². The van der Waals surface area contributed by atoms with Gasteiger partial charge in [0, 0.05) is 6.07 Å². The van der Waals surface area contributed by atoms with Crippen LogP contribution in [0, 0.1) is 10.1 Å². The zero-order valence-electron chi connectivity index (χ0n) is 8.86. The van der Waals surface area contributed by atoms with Crippen LogP contribution in [0.3, 0.4) is 0 Å². The number of amides is 1. The third-order valence-electron chi connectivity index (χ3n) is 2.11. The van der Waals surface area contributed by atoms with Crippen LogP contribution in [-0.4, -0.2) is 21.1 Å². The lowest BCUT2D eigenvalue weighted by molar-refractivity contribution is -0.385. The van der Waals surface area contributed by atoms with Crippen LogP contribution in [0.1, 0.15) is 10.4 Å². The van der Waals surface area contributed by atoms with Gasteiger partial charge in [-0.2, -0.15) is 0 Å². The Kier molecular flexibility index (Phi) is 2.92. The van der Waals surface area contributed by atoms with Crippen molar-refractivity contribution >= 4 is 17.3 Å². The van der Waals surface area contributed by atoms with E-state index in [-0.39, 0.29) is 17.0 Å². The van der Waals surface area contributed by atoms with Gasteiger partial charge in [0.1, 0.15) is 23.3 Å². The summed E-state index contributed by atoms with van der Waals surface area (Å²) in [6.07, 6.45) is 2.42. The summed E-state index contributed by atoms with van der Waals surface area (Å²) in [5.74, 6) is -0.975. The molecular weight excluding hydrogens is 242 g/mol. The van der Waals surface area contributed by atoms with E-state index in [0.717, 1.165) is 18.2 Å². The summed E-state index contributed by atoms with van der Waals surface area (Å²) < 4.78 is 4.50. The van der Waals surface area contributed by atoms with Gasteiger partial charge in [0.2, 0.25) is 0 Å². The summed E-state index contributed by atoms with van der Waals surface area (Å²) in [7, 11) is 0. The Morgan fingerprint density at radius 2 is 2.28 bits per heavy atom. The number of anilines is 1. The van der Waals surface area contributed by atoms with Gasteiger partial charge < -0.3 is 14.9 Å². The van der Waals surface area contributed by atoms with Gasteiger partial charge in [0.25, 0.3) is 11.6 Å². The maximum absolute atomic E-state index is 11.8. The molecule has 8 heteroatoms. The van der Waals surface area contributed by atoms with Crippen LogP contribution in [0.25, 0.3) is 0 Å². The summed E-state index contributed by atoms with van der Waals surface area (Å²) in [4.78, 5) is 21.8. The first kappa shape index (κ1) is 11.6. The number of nitro groups is 1. The van der Waals surface area contributed by atoms with Crippen molar-refractivity contribution in [2.24, 2.45) is 0 Å². The molecular formula is C10H7N3O5. The highest BCUT2D eigenvalue weighted by Crippen LogP contribution is 2.24. The standard InChI is InChI=1S/C10H7N3O5/c14-7-1-2-9(13(16)17)8(3-7)10(15)12-6-4-11-18-5-6/h1-5,14H,(H,12,15). The number of nitrogens with one attached hydrogen (secondary N) is 1. The van der Waals surface area contributed by atoms with E-state index >= 15 is 0 Å². The second-order valence-corrected chi connectivity index (χ2v) is 3.33. The minimum absolute atomic E-state index is 0.240. The van der Waals surface area contributed by atoms with Crippen molar-refractivity contribution in [2.75, 3.05) is 5.32 Å². The molecule has 18 heavy (non-hydrogen) atoms. The van der Waals surface area contributed by atoms with Crippen LogP contribution < -0.4 is 5.32 Å². The van der Waals surface area contributed by atoms with Crippen molar-refractivity contribution in [3.63, 3.8) is 0 Å². The SMILES string of the molecule is O=C(Nc1cnoc1)c1cc(O)ccc1[N+](=O)[O-]. The number of carbonyl (C=O) groups is 1. The molecule has 0 saturated carbocycles. The number of phenolic OH excluding ortho intramolecular Hbond substituents is 1. The number of rotatable bonds is 3. The number of aromatic nitrogens is 1. The van der Waals surface area contributed by atoms with Gasteiger partial charge >= 0.3 is 0 Å². The van der Waals surface area contributed by atoms with Crippen LogP contribution >= 0.6 is 0 Å². The van der Waals surface area contributed by atoms with Crippen LogP contribution in [-0.2, 0) is 0 Å². The summed E-state index contributed by atoms with van der Waals surface area (Å²) in [6.45, 7) is 0. The monoisotopic (exact) mass is 249 g/mol. The second kappa shape index (κ2) is 4.53. The number of nitro benzene ring substituents is 1. The maximum Gasteiger partial charge on any atom is 0.282 e. The first-order valence-corrected chi connectivity index (χ1v) is 4.76. The van der Waals surface area contributed by atoms with Gasteiger partial charge in [-0.15, -0.1) is 0 Å². The number of aromatic hydroxyl groups is 1. The molecule has 0 fully saturated rings. The molecule has 0 radical (unpaired) electrons. The first-order valence-electron chi connectivity index (χ1n) is 4.76. The Balaban J connectivity index is 2.34. The summed E-state index contributed by atoms with van der Waals surface area (Å²) in [5, 5.41) is 25.7. The molecule has 0 unspecified atom stereocenters. The zero-order valence-corrected chi connectivity index (χ0v) is 8.86. The zero-order chi connectivity index (χ0) is 13.1. The Labute approximate surface area is 100.0 Å². The predicted octanol–water partition coefficient (Wildman–Crippen LogP) is 1.54. The molecule has 0 atom stereocenters. The molecule has 2 rings (SSSR count). The molecule has 0 spiro atoms. The third kappa shape index (κ3) is 2.26.